The van der Waals surface area contributed by atoms with Gasteiger partial charge in [-0.1, -0.05) is 18.2 Å². The second kappa shape index (κ2) is 6.91. The zero-order valence-electron chi connectivity index (χ0n) is 13.4. The van der Waals surface area contributed by atoms with Gasteiger partial charge < -0.3 is 9.47 Å². The third kappa shape index (κ3) is 3.25. The highest BCUT2D eigenvalue weighted by Gasteiger charge is 2.07. The molecule has 0 fully saturated rings. The number of carbonyl (C=O) groups is 1. The molecule has 24 heavy (non-hydrogen) atoms. The first-order valence-corrected chi connectivity index (χ1v) is 7.36. The van der Waals surface area contributed by atoms with Gasteiger partial charge in [0.2, 0.25) is 0 Å². The molecule has 0 unspecified atom stereocenters. The zero-order valence-corrected chi connectivity index (χ0v) is 13.4. The number of hydrogen-bond acceptors (Lipinski definition) is 5. The van der Waals surface area contributed by atoms with Crippen LogP contribution >= 0.6 is 0 Å². The molecule has 3 rings (SSSR count). The summed E-state index contributed by atoms with van der Waals surface area (Å²) in [6, 6.07) is 15.1. The quantitative estimate of drug-likeness (QED) is 0.687. The van der Waals surface area contributed by atoms with Crippen molar-refractivity contribution in [2.24, 2.45) is 0 Å². The van der Waals surface area contributed by atoms with Crippen LogP contribution in [0, 0.1) is 0 Å². The molecule has 1 aromatic carbocycles. The molecule has 0 aliphatic carbocycles. The van der Waals surface area contributed by atoms with Crippen molar-refractivity contribution in [3.8, 4) is 28.3 Å². The van der Waals surface area contributed by atoms with Crippen molar-refractivity contribution >= 4 is 5.97 Å². The van der Waals surface area contributed by atoms with Crippen LogP contribution in [0.3, 0.4) is 0 Å². The Morgan fingerprint density at radius 1 is 0.792 bits per heavy atom. The van der Waals surface area contributed by atoms with Gasteiger partial charge in [0, 0.05) is 18.0 Å². The fraction of sp³-hybridized carbons (Fsp3) is 0.105. The van der Waals surface area contributed by atoms with Gasteiger partial charge in [0.15, 0.2) is 0 Å². The smallest absolute Gasteiger partial charge is 0.339 e. The van der Waals surface area contributed by atoms with E-state index in [2.05, 4.69) is 14.7 Å². The number of hydrogen-bond donors (Lipinski definition) is 0. The first-order valence-electron chi connectivity index (χ1n) is 7.36. The number of esters is 1. The van der Waals surface area contributed by atoms with E-state index in [1.807, 2.05) is 36.4 Å². The number of ether oxygens (including phenoxy) is 2. The van der Waals surface area contributed by atoms with E-state index in [1.54, 1.807) is 25.4 Å². The first-order chi connectivity index (χ1) is 11.7. The summed E-state index contributed by atoms with van der Waals surface area (Å²) < 4.78 is 9.82. The van der Waals surface area contributed by atoms with Crippen LogP contribution in [-0.4, -0.2) is 30.2 Å². The van der Waals surface area contributed by atoms with Crippen molar-refractivity contribution in [2.75, 3.05) is 14.2 Å². The average molecular weight is 320 g/mol. The topological polar surface area (TPSA) is 61.3 Å². The number of aromatic nitrogens is 2. The molecule has 2 aromatic heterocycles. The highest BCUT2D eigenvalue weighted by atomic mass is 16.5. The second-order valence-corrected chi connectivity index (χ2v) is 5.08. The van der Waals surface area contributed by atoms with E-state index in [9.17, 15) is 4.79 Å². The maximum absolute atomic E-state index is 11.4. The minimum absolute atomic E-state index is 0.406. The Hall–Kier alpha value is -3.21. The van der Waals surface area contributed by atoms with Gasteiger partial charge in [-0.25, -0.2) is 4.79 Å². The predicted octanol–water partition coefficient (Wildman–Crippen LogP) is 3.61. The van der Waals surface area contributed by atoms with Gasteiger partial charge in [-0.2, -0.15) is 0 Å². The fourth-order valence-electron chi connectivity index (χ4n) is 2.28. The predicted molar refractivity (Wildman–Crippen MR) is 90.8 cm³/mol. The summed E-state index contributed by atoms with van der Waals surface area (Å²) in [5.41, 5.74) is 3.92. The number of rotatable bonds is 4. The summed E-state index contributed by atoms with van der Waals surface area (Å²) in [6.45, 7) is 0. The van der Waals surface area contributed by atoms with Crippen LogP contribution in [-0.2, 0) is 4.74 Å². The molecule has 5 nitrogen and oxygen atoms in total. The highest BCUT2D eigenvalue weighted by Crippen LogP contribution is 2.23. The lowest BCUT2D eigenvalue weighted by atomic mass is 10.1. The van der Waals surface area contributed by atoms with Crippen LogP contribution in [0.5, 0.6) is 5.75 Å². The Balaban J connectivity index is 1.82. The van der Waals surface area contributed by atoms with Gasteiger partial charge in [0.05, 0.1) is 31.2 Å². The third-order valence-corrected chi connectivity index (χ3v) is 3.63. The van der Waals surface area contributed by atoms with Crippen molar-refractivity contribution in [3.05, 3.63) is 66.5 Å². The van der Waals surface area contributed by atoms with Gasteiger partial charge >= 0.3 is 5.97 Å². The zero-order chi connectivity index (χ0) is 16.9. The molecule has 0 amide bonds. The van der Waals surface area contributed by atoms with Crippen molar-refractivity contribution in [2.45, 2.75) is 0 Å². The minimum atomic E-state index is -0.406. The molecule has 0 aliphatic heterocycles. The van der Waals surface area contributed by atoms with Crippen molar-refractivity contribution in [1.29, 1.82) is 0 Å². The van der Waals surface area contributed by atoms with Crippen LogP contribution in [0.15, 0.2) is 60.9 Å². The molecule has 0 radical (unpaired) electrons. The molecule has 0 N–H and O–H groups in total. The van der Waals surface area contributed by atoms with Crippen molar-refractivity contribution in [1.82, 2.24) is 9.97 Å². The van der Waals surface area contributed by atoms with Gasteiger partial charge in [-0.3, -0.25) is 9.97 Å². The van der Waals surface area contributed by atoms with E-state index in [0.29, 0.717) is 11.3 Å². The molecule has 0 aliphatic rings. The minimum Gasteiger partial charge on any atom is -0.497 e. The van der Waals surface area contributed by atoms with Gasteiger partial charge in [-0.05, 0) is 35.9 Å². The molecule has 0 atom stereocenters. The summed E-state index contributed by atoms with van der Waals surface area (Å²) in [5.74, 6) is 0.412. The van der Waals surface area contributed by atoms with Crippen molar-refractivity contribution < 1.29 is 14.3 Å². The summed E-state index contributed by atoms with van der Waals surface area (Å²) >= 11 is 0. The SMILES string of the molecule is COC(=O)c1ccc(-c2ccc(-c3ccc(OC)cc3)cn2)nc1. The van der Waals surface area contributed by atoms with Crippen LogP contribution in [0.4, 0.5) is 0 Å². The lowest BCUT2D eigenvalue weighted by Gasteiger charge is -2.05. The van der Waals surface area contributed by atoms with Gasteiger partial charge in [0.1, 0.15) is 5.75 Å². The van der Waals surface area contributed by atoms with E-state index in [0.717, 1.165) is 22.6 Å². The molecule has 120 valence electrons. The molecule has 0 bridgehead atoms. The third-order valence-electron chi connectivity index (χ3n) is 3.63. The molecular weight excluding hydrogens is 304 g/mol. The van der Waals surface area contributed by atoms with E-state index in [-0.39, 0.29) is 0 Å². The summed E-state index contributed by atoms with van der Waals surface area (Å²) in [7, 11) is 2.99. The van der Waals surface area contributed by atoms with Crippen LogP contribution in [0.1, 0.15) is 10.4 Å². The maximum atomic E-state index is 11.4. The Bertz CT molecular complexity index is 826. The molecular formula is C19H16N2O3. The summed E-state index contributed by atoms with van der Waals surface area (Å²) in [5, 5.41) is 0. The Kier molecular flexibility index (Phi) is 4.52. The first kappa shape index (κ1) is 15.7. The molecule has 2 heterocycles. The van der Waals surface area contributed by atoms with Gasteiger partial charge in [0.25, 0.3) is 0 Å². The van der Waals surface area contributed by atoms with E-state index in [1.165, 1.54) is 13.3 Å². The Morgan fingerprint density at radius 3 is 1.92 bits per heavy atom. The van der Waals surface area contributed by atoms with E-state index >= 15 is 0 Å². The second-order valence-electron chi connectivity index (χ2n) is 5.08. The summed E-state index contributed by atoms with van der Waals surface area (Å²) in [6.07, 6.45) is 3.28. The van der Waals surface area contributed by atoms with Crippen LogP contribution in [0.2, 0.25) is 0 Å². The maximum Gasteiger partial charge on any atom is 0.339 e. The number of benzene rings is 1. The molecule has 5 heteroatoms. The normalized spacial score (nSPS) is 10.2. The summed E-state index contributed by atoms with van der Waals surface area (Å²) in [4.78, 5) is 20.1. The fourth-order valence-corrected chi connectivity index (χ4v) is 2.28. The van der Waals surface area contributed by atoms with E-state index < -0.39 is 5.97 Å². The average Bonchev–Trinajstić information content (AvgIpc) is 2.68. The molecule has 0 saturated carbocycles. The van der Waals surface area contributed by atoms with Crippen LogP contribution in [0.25, 0.3) is 22.5 Å². The monoisotopic (exact) mass is 320 g/mol. The standard InChI is InChI=1S/C19H16N2O3/c1-23-16-7-3-13(4-8-16)14-5-9-17(20-11-14)18-10-6-15(12-21-18)19(22)24-2/h3-12H,1-2H3. The Labute approximate surface area is 139 Å². The van der Waals surface area contributed by atoms with E-state index in [4.69, 9.17) is 4.74 Å². The number of carbonyl (C=O) groups excluding carboxylic acids is 1. The Morgan fingerprint density at radius 2 is 1.42 bits per heavy atom. The number of nitrogens with zero attached hydrogens (tertiary/aromatic N) is 2. The number of pyridine rings is 2. The molecule has 0 saturated heterocycles. The lowest BCUT2D eigenvalue weighted by Crippen LogP contribution is -2.01. The number of methoxy groups -OCH3 is 2. The largest absolute Gasteiger partial charge is 0.497 e. The van der Waals surface area contributed by atoms with Gasteiger partial charge in [-0.15, -0.1) is 0 Å². The lowest BCUT2D eigenvalue weighted by molar-refractivity contribution is 0.0600. The van der Waals surface area contributed by atoms with Crippen molar-refractivity contribution in [3.63, 3.8) is 0 Å². The van der Waals surface area contributed by atoms with Crippen LogP contribution < -0.4 is 4.74 Å². The highest BCUT2D eigenvalue weighted by molar-refractivity contribution is 5.89. The molecule has 0 spiro atoms. The molecule has 3 aromatic rings.